The van der Waals surface area contributed by atoms with Gasteiger partial charge >= 0.3 is 0 Å². The summed E-state index contributed by atoms with van der Waals surface area (Å²) in [5, 5.41) is 0. The van der Waals surface area contributed by atoms with Crippen LogP contribution in [0.3, 0.4) is 0 Å². The molecule has 0 radical (unpaired) electrons. The van der Waals surface area contributed by atoms with Crippen molar-refractivity contribution in [3.63, 3.8) is 0 Å². The molecule has 0 fully saturated rings. The largest absolute Gasteiger partial charge is 0.327 e. The summed E-state index contributed by atoms with van der Waals surface area (Å²) in [6.07, 6.45) is 0.873. The molecular weight excluding hydrogens is 194 g/mol. The van der Waals surface area contributed by atoms with E-state index >= 15 is 0 Å². The molecule has 0 aliphatic carbocycles. The molecule has 1 unspecified atom stereocenters. The van der Waals surface area contributed by atoms with E-state index in [0.29, 0.717) is 5.75 Å². The van der Waals surface area contributed by atoms with E-state index < -0.39 is 10.8 Å². The fourth-order valence-electron chi connectivity index (χ4n) is 1.10. The van der Waals surface area contributed by atoms with E-state index in [2.05, 4.69) is 0 Å². The molecule has 0 bridgehead atoms. The first-order valence-electron chi connectivity index (χ1n) is 4.84. The third-order valence-electron chi connectivity index (χ3n) is 2.17. The van der Waals surface area contributed by atoms with Crippen LogP contribution in [-0.2, 0) is 10.8 Å². The van der Waals surface area contributed by atoms with Crippen molar-refractivity contribution in [1.29, 1.82) is 0 Å². The molecule has 0 heterocycles. The fraction of sp³-hybridized carbons (Fsp3) is 0.455. The van der Waals surface area contributed by atoms with E-state index in [-0.39, 0.29) is 6.04 Å². The first-order chi connectivity index (χ1) is 6.63. The minimum Gasteiger partial charge on any atom is -0.327 e. The number of benzene rings is 1. The lowest BCUT2D eigenvalue weighted by Gasteiger charge is -2.08. The van der Waals surface area contributed by atoms with Gasteiger partial charge in [0.25, 0.3) is 0 Å². The maximum absolute atomic E-state index is 11.8. The van der Waals surface area contributed by atoms with Crippen molar-refractivity contribution in [2.45, 2.75) is 31.2 Å². The summed E-state index contributed by atoms with van der Waals surface area (Å²) in [6.45, 7) is 4.03. The SMILES string of the molecule is CC[C@@H](N)CS(=O)c1ccc(C)cc1. The van der Waals surface area contributed by atoms with Gasteiger partial charge in [0.05, 0.1) is 10.8 Å². The molecule has 0 aliphatic heterocycles. The van der Waals surface area contributed by atoms with Crippen LogP contribution in [0.2, 0.25) is 0 Å². The molecule has 2 nitrogen and oxygen atoms in total. The van der Waals surface area contributed by atoms with Gasteiger partial charge in [-0.05, 0) is 25.5 Å². The summed E-state index contributed by atoms with van der Waals surface area (Å²) in [4.78, 5) is 0.875. The number of aryl methyl sites for hydroxylation is 1. The topological polar surface area (TPSA) is 43.1 Å². The van der Waals surface area contributed by atoms with Crippen molar-refractivity contribution >= 4 is 10.8 Å². The van der Waals surface area contributed by atoms with E-state index in [1.54, 1.807) is 0 Å². The Hall–Kier alpha value is -0.670. The number of rotatable bonds is 4. The van der Waals surface area contributed by atoms with Gasteiger partial charge in [-0.15, -0.1) is 0 Å². The van der Waals surface area contributed by atoms with Crippen LogP contribution in [0.1, 0.15) is 18.9 Å². The van der Waals surface area contributed by atoms with Gasteiger partial charge in [-0.3, -0.25) is 4.21 Å². The second-order valence-electron chi connectivity index (χ2n) is 3.49. The Morgan fingerprint density at radius 1 is 1.36 bits per heavy atom. The van der Waals surface area contributed by atoms with Crippen LogP contribution in [0.4, 0.5) is 0 Å². The zero-order valence-corrected chi connectivity index (χ0v) is 9.51. The van der Waals surface area contributed by atoms with Crippen molar-refractivity contribution < 1.29 is 4.21 Å². The molecule has 0 spiro atoms. The molecule has 0 saturated carbocycles. The Labute approximate surface area is 88.0 Å². The normalized spacial score (nSPS) is 15.1. The first kappa shape index (κ1) is 11.4. The van der Waals surface area contributed by atoms with Gasteiger partial charge in [-0.25, -0.2) is 0 Å². The monoisotopic (exact) mass is 211 g/mol. The van der Waals surface area contributed by atoms with Crippen molar-refractivity contribution in [3.05, 3.63) is 29.8 Å². The standard InChI is InChI=1S/C11H17NOS/c1-3-10(12)8-14(13)11-6-4-9(2)5-7-11/h4-7,10H,3,8,12H2,1-2H3/t10-,14?/m1/s1. The summed E-state index contributed by atoms with van der Waals surface area (Å²) in [6, 6.07) is 7.81. The summed E-state index contributed by atoms with van der Waals surface area (Å²) in [5.74, 6) is 0.555. The summed E-state index contributed by atoms with van der Waals surface area (Å²) < 4.78 is 11.8. The van der Waals surface area contributed by atoms with E-state index in [1.807, 2.05) is 38.1 Å². The summed E-state index contributed by atoms with van der Waals surface area (Å²) in [7, 11) is -0.947. The van der Waals surface area contributed by atoms with Crippen LogP contribution in [0.25, 0.3) is 0 Å². The molecular formula is C11H17NOS. The Balaban J connectivity index is 2.65. The molecule has 3 heteroatoms. The average Bonchev–Trinajstić information content (AvgIpc) is 2.18. The minimum atomic E-state index is -0.947. The maximum atomic E-state index is 11.8. The number of hydrogen-bond acceptors (Lipinski definition) is 2. The molecule has 0 aromatic heterocycles. The summed E-state index contributed by atoms with van der Waals surface area (Å²) in [5.41, 5.74) is 6.93. The van der Waals surface area contributed by atoms with Crippen LogP contribution in [0.5, 0.6) is 0 Å². The Kier molecular flexibility index (Phi) is 4.29. The first-order valence-corrected chi connectivity index (χ1v) is 6.16. The molecule has 1 rings (SSSR count). The van der Waals surface area contributed by atoms with E-state index in [9.17, 15) is 4.21 Å². The van der Waals surface area contributed by atoms with E-state index in [4.69, 9.17) is 5.73 Å². The molecule has 78 valence electrons. The van der Waals surface area contributed by atoms with Gasteiger partial charge in [0.2, 0.25) is 0 Å². The van der Waals surface area contributed by atoms with Gasteiger partial charge in [0, 0.05) is 16.7 Å². The van der Waals surface area contributed by atoms with Crippen molar-refractivity contribution in [3.8, 4) is 0 Å². The molecule has 0 aliphatic rings. The van der Waals surface area contributed by atoms with Crippen LogP contribution < -0.4 is 5.73 Å². The van der Waals surface area contributed by atoms with Gasteiger partial charge < -0.3 is 5.73 Å². The van der Waals surface area contributed by atoms with E-state index in [1.165, 1.54) is 5.56 Å². The Morgan fingerprint density at radius 3 is 2.43 bits per heavy atom. The number of hydrogen-bond donors (Lipinski definition) is 1. The lowest BCUT2D eigenvalue weighted by molar-refractivity contribution is 0.663. The smallest absolute Gasteiger partial charge is 0.0545 e. The second-order valence-corrected chi connectivity index (χ2v) is 4.99. The van der Waals surface area contributed by atoms with Crippen molar-refractivity contribution in [2.75, 3.05) is 5.75 Å². The fourth-order valence-corrected chi connectivity index (χ4v) is 2.36. The lowest BCUT2D eigenvalue weighted by atomic mass is 10.2. The van der Waals surface area contributed by atoms with Gasteiger partial charge in [-0.1, -0.05) is 24.6 Å². The highest BCUT2D eigenvalue weighted by Crippen LogP contribution is 2.09. The van der Waals surface area contributed by atoms with Gasteiger partial charge in [-0.2, -0.15) is 0 Å². The van der Waals surface area contributed by atoms with E-state index in [0.717, 1.165) is 11.3 Å². The third-order valence-corrected chi connectivity index (χ3v) is 3.70. The zero-order chi connectivity index (χ0) is 10.6. The van der Waals surface area contributed by atoms with Gasteiger partial charge in [0.15, 0.2) is 0 Å². The third kappa shape index (κ3) is 3.24. The Bertz CT molecular complexity index is 308. The highest BCUT2D eigenvalue weighted by atomic mass is 32.2. The summed E-state index contributed by atoms with van der Waals surface area (Å²) >= 11 is 0. The lowest BCUT2D eigenvalue weighted by Crippen LogP contribution is -2.25. The molecule has 0 amide bonds. The van der Waals surface area contributed by atoms with Crippen LogP contribution in [0.15, 0.2) is 29.2 Å². The highest BCUT2D eigenvalue weighted by Gasteiger charge is 2.07. The highest BCUT2D eigenvalue weighted by molar-refractivity contribution is 7.85. The number of nitrogens with two attached hydrogens (primary N) is 1. The Morgan fingerprint density at radius 2 is 1.93 bits per heavy atom. The van der Waals surface area contributed by atoms with Crippen molar-refractivity contribution in [1.82, 2.24) is 0 Å². The second kappa shape index (κ2) is 5.27. The van der Waals surface area contributed by atoms with Crippen LogP contribution in [0, 0.1) is 6.92 Å². The average molecular weight is 211 g/mol. The quantitative estimate of drug-likeness (QED) is 0.825. The minimum absolute atomic E-state index is 0.0390. The molecule has 2 atom stereocenters. The molecule has 1 aromatic rings. The molecule has 0 saturated heterocycles. The molecule has 14 heavy (non-hydrogen) atoms. The predicted molar refractivity (Wildman–Crippen MR) is 60.7 cm³/mol. The maximum Gasteiger partial charge on any atom is 0.0545 e. The zero-order valence-electron chi connectivity index (χ0n) is 8.69. The molecule has 1 aromatic carbocycles. The molecule has 2 N–H and O–H groups in total. The predicted octanol–water partition coefficient (Wildman–Crippen LogP) is 1.84. The van der Waals surface area contributed by atoms with Gasteiger partial charge in [0.1, 0.15) is 0 Å². The van der Waals surface area contributed by atoms with Crippen LogP contribution >= 0.6 is 0 Å². The van der Waals surface area contributed by atoms with Crippen LogP contribution in [-0.4, -0.2) is 16.0 Å². The van der Waals surface area contributed by atoms with Crippen molar-refractivity contribution in [2.24, 2.45) is 5.73 Å².